The van der Waals surface area contributed by atoms with E-state index in [9.17, 15) is 15.4 Å². The number of aryl methyl sites for hydroxylation is 2. The summed E-state index contributed by atoms with van der Waals surface area (Å²) < 4.78 is 7.80. The molecule has 4 aromatic rings. The summed E-state index contributed by atoms with van der Waals surface area (Å²) in [5, 5.41) is 28.8. The van der Waals surface area contributed by atoms with Crippen molar-refractivity contribution in [2.45, 2.75) is 39.2 Å². The topological polar surface area (TPSA) is 113 Å². The number of halogens is 1. The van der Waals surface area contributed by atoms with Crippen molar-refractivity contribution in [3.05, 3.63) is 110 Å². The Hall–Kier alpha value is -4.32. The maximum atomic E-state index is 11.6. The lowest BCUT2D eigenvalue weighted by Gasteiger charge is -2.35. The molecule has 2 aliphatic rings. The Balaban J connectivity index is 1.79. The van der Waals surface area contributed by atoms with Crippen LogP contribution in [0.4, 0.5) is 22.9 Å². The second-order valence-electron chi connectivity index (χ2n) is 11.0. The van der Waals surface area contributed by atoms with E-state index in [4.69, 9.17) is 14.8 Å². The number of nitro groups is 1. The SMILES string of the molecule is Cc1nn(CCC#N)c2c1[P@@](=Nc1ccc([N+](=O)[O-])c(Br)c1)(c1ccccc1)/C(=C1/N(C)c3ccccc3C1(C)C)C=N2. The fraction of sp³-hybridized carbons (Fsp3) is 0.219. The van der Waals surface area contributed by atoms with Gasteiger partial charge in [0.05, 0.1) is 52.2 Å². The van der Waals surface area contributed by atoms with Crippen LogP contribution in [0.15, 0.2) is 98.0 Å². The number of hydrogen-bond donors (Lipinski definition) is 0. The van der Waals surface area contributed by atoms with Crippen molar-refractivity contribution in [1.29, 1.82) is 5.26 Å². The first-order valence-electron chi connectivity index (χ1n) is 13.8. The van der Waals surface area contributed by atoms with E-state index in [1.807, 2.05) is 42.1 Å². The number of nitrogens with zero attached hydrogens (tertiary/aromatic N) is 7. The Morgan fingerprint density at radius 1 is 1.12 bits per heavy atom. The molecule has 0 saturated carbocycles. The van der Waals surface area contributed by atoms with Crippen LogP contribution >= 0.6 is 23.0 Å². The molecule has 9 nitrogen and oxygen atoms in total. The minimum atomic E-state index is -2.91. The quantitative estimate of drug-likeness (QED) is 0.125. The van der Waals surface area contributed by atoms with Crippen LogP contribution in [0.5, 0.6) is 0 Å². The third-order valence-electron chi connectivity index (χ3n) is 8.12. The number of aromatic nitrogens is 2. The van der Waals surface area contributed by atoms with E-state index in [1.165, 1.54) is 11.6 Å². The first kappa shape index (κ1) is 28.8. The van der Waals surface area contributed by atoms with E-state index >= 15 is 0 Å². The van der Waals surface area contributed by atoms with Gasteiger partial charge in [0.15, 0.2) is 5.82 Å². The van der Waals surface area contributed by atoms with Gasteiger partial charge in [0.25, 0.3) is 5.69 Å². The molecule has 0 radical (unpaired) electrons. The van der Waals surface area contributed by atoms with Gasteiger partial charge in [-0.2, -0.15) is 10.4 Å². The van der Waals surface area contributed by atoms with Gasteiger partial charge in [0.2, 0.25) is 0 Å². The molecular formula is C32H29BrN7O2P. The van der Waals surface area contributed by atoms with Crippen molar-refractivity contribution in [1.82, 2.24) is 9.78 Å². The summed E-state index contributed by atoms with van der Waals surface area (Å²) in [6.07, 6.45) is 2.24. The monoisotopic (exact) mass is 653 g/mol. The molecule has 0 bridgehead atoms. The van der Waals surface area contributed by atoms with E-state index in [1.54, 1.807) is 12.1 Å². The van der Waals surface area contributed by atoms with Crippen LogP contribution in [-0.2, 0) is 12.0 Å². The minimum absolute atomic E-state index is 0.0249. The Bertz CT molecular complexity index is 1950. The zero-order valence-corrected chi connectivity index (χ0v) is 26.7. The van der Waals surface area contributed by atoms with Gasteiger partial charge in [-0.05, 0) is 46.6 Å². The number of allylic oxidation sites excluding steroid dienone is 2. The average molecular weight is 655 g/mol. The number of fused-ring (bicyclic) bond motifs is 2. The lowest BCUT2D eigenvalue weighted by molar-refractivity contribution is -0.385. The van der Waals surface area contributed by atoms with Gasteiger partial charge in [0, 0.05) is 46.7 Å². The largest absolute Gasteiger partial charge is 0.346 e. The molecule has 0 N–H and O–H groups in total. The van der Waals surface area contributed by atoms with Crippen molar-refractivity contribution >= 4 is 62.7 Å². The van der Waals surface area contributed by atoms with E-state index < -0.39 is 12.0 Å². The van der Waals surface area contributed by atoms with Crippen molar-refractivity contribution in [2.75, 3.05) is 11.9 Å². The highest BCUT2D eigenvalue weighted by Crippen LogP contribution is 2.64. The molecule has 0 amide bonds. The number of hydrogen-bond acceptors (Lipinski definition) is 7. The number of para-hydroxylation sites is 1. The highest BCUT2D eigenvalue weighted by molar-refractivity contribution is 9.10. The fourth-order valence-electron chi connectivity index (χ4n) is 6.33. The number of nitro benzene ring substituents is 1. The van der Waals surface area contributed by atoms with E-state index in [0.29, 0.717) is 28.9 Å². The molecule has 43 heavy (non-hydrogen) atoms. The van der Waals surface area contributed by atoms with Crippen molar-refractivity contribution in [3.8, 4) is 6.07 Å². The number of benzene rings is 3. The second-order valence-corrected chi connectivity index (χ2v) is 14.8. The number of rotatable bonds is 5. The third-order valence-corrected chi connectivity index (χ3v) is 12.5. The molecule has 0 aliphatic carbocycles. The standard InChI is InChI=1S/C32H29BrN7O2P/c1-21-29-31(39(36-21)18-10-17-34)35-20-28(30-32(2,3)24-13-8-9-14-26(24)38(30)4)43(29,23-11-6-5-7-12-23)37-22-15-16-27(40(41)42)25(33)19-22/h5-9,11-16,19-20H,10,18H2,1-4H3/b30-28+/t43-/m1/s1. The molecule has 3 aromatic carbocycles. The van der Waals surface area contributed by atoms with Gasteiger partial charge in [0.1, 0.15) is 0 Å². The average Bonchev–Trinajstić information content (AvgIpc) is 3.42. The van der Waals surface area contributed by atoms with Crippen molar-refractivity contribution in [2.24, 2.45) is 9.74 Å². The van der Waals surface area contributed by atoms with Crippen LogP contribution in [0.2, 0.25) is 0 Å². The predicted octanol–water partition coefficient (Wildman–Crippen LogP) is 7.61. The molecule has 6 rings (SSSR count). The molecule has 0 unspecified atom stereocenters. The lowest BCUT2D eigenvalue weighted by Crippen LogP contribution is -2.30. The summed E-state index contributed by atoms with van der Waals surface area (Å²) in [6.45, 7) is 6.84. The Kier molecular flexibility index (Phi) is 7.19. The summed E-state index contributed by atoms with van der Waals surface area (Å²) in [4.78, 5) is 18.5. The normalized spacial score (nSPS) is 20.0. The number of likely N-dealkylation sites (N-methyl/N-ethyl adjacent to an activating group) is 1. The Morgan fingerprint density at radius 3 is 2.51 bits per heavy atom. The fourth-order valence-corrected chi connectivity index (χ4v) is 10.9. The predicted molar refractivity (Wildman–Crippen MR) is 176 cm³/mol. The van der Waals surface area contributed by atoms with Crippen LogP contribution in [-0.4, -0.2) is 28.0 Å². The van der Waals surface area contributed by atoms with Crippen LogP contribution < -0.4 is 15.5 Å². The molecule has 0 fully saturated rings. The van der Waals surface area contributed by atoms with E-state index in [2.05, 4.69) is 78.1 Å². The highest BCUT2D eigenvalue weighted by atomic mass is 79.9. The second kappa shape index (κ2) is 10.7. The summed E-state index contributed by atoms with van der Waals surface area (Å²) in [7, 11) is -0.823. The smallest absolute Gasteiger partial charge is 0.283 e. The molecular weight excluding hydrogens is 625 g/mol. The van der Waals surface area contributed by atoms with Crippen molar-refractivity contribution < 1.29 is 4.92 Å². The van der Waals surface area contributed by atoms with Crippen molar-refractivity contribution in [3.63, 3.8) is 0 Å². The molecule has 2 aliphatic heterocycles. The molecule has 0 spiro atoms. The molecule has 0 saturated heterocycles. The first-order chi connectivity index (χ1) is 20.6. The number of aliphatic imine (C=N–C) groups is 1. The molecule has 3 heterocycles. The number of anilines is 1. The van der Waals surface area contributed by atoms with Gasteiger partial charge in [-0.1, -0.05) is 62.4 Å². The summed E-state index contributed by atoms with van der Waals surface area (Å²) in [5.74, 6) is 0.690. The summed E-state index contributed by atoms with van der Waals surface area (Å²) >= 11 is 3.41. The molecule has 11 heteroatoms. The zero-order valence-electron chi connectivity index (χ0n) is 24.2. The lowest BCUT2D eigenvalue weighted by atomic mass is 9.84. The molecule has 1 atom stereocenters. The van der Waals surface area contributed by atoms with Gasteiger partial charge in [-0.15, -0.1) is 0 Å². The van der Waals surface area contributed by atoms with Crippen LogP contribution in [0, 0.1) is 28.4 Å². The third kappa shape index (κ3) is 4.46. The molecule has 1 aromatic heterocycles. The first-order valence-corrected chi connectivity index (χ1v) is 16.3. The van der Waals surface area contributed by atoms with Crippen LogP contribution in [0.3, 0.4) is 0 Å². The number of nitriles is 1. The van der Waals surface area contributed by atoms with Crippen LogP contribution in [0.25, 0.3) is 0 Å². The Labute approximate surface area is 258 Å². The maximum absolute atomic E-state index is 11.6. The van der Waals surface area contributed by atoms with Gasteiger partial charge in [-0.25, -0.2) is 9.67 Å². The summed E-state index contributed by atoms with van der Waals surface area (Å²) in [5.41, 5.74) is 4.43. The van der Waals surface area contributed by atoms with Gasteiger partial charge < -0.3 is 4.90 Å². The summed E-state index contributed by atoms with van der Waals surface area (Å²) in [6, 6.07) is 25.8. The maximum Gasteiger partial charge on any atom is 0.283 e. The Morgan fingerprint density at radius 2 is 1.84 bits per heavy atom. The molecule has 216 valence electrons. The van der Waals surface area contributed by atoms with E-state index in [0.717, 1.165) is 33.0 Å². The highest BCUT2D eigenvalue weighted by Gasteiger charge is 2.47. The van der Waals surface area contributed by atoms with Gasteiger partial charge >= 0.3 is 0 Å². The minimum Gasteiger partial charge on any atom is -0.346 e. The van der Waals surface area contributed by atoms with Crippen LogP contribution in [0.1, 0.15) is 31.5 Å². The van der Waals surface area contributed by atoms with Gasteiger partial charge in [-0.3, -0.25) is 14.9 Å². The van der Waals surface area contributed by atoms with E-state index in [-0.39, 0.29) is 11.1 Å². The zero-order chi connectivity index (χ0) is 30.5.